The summed E-state index contributed by atoms with van der Waals surface area (Å²) in [5, 5.41) is 7.64. The molecule has 0 amide bonds. The van der Waals surface area contributed by atoms with Crippen LogP contribution in [0.15, 0.2) is 67.1 Å². The van der Waals surface area contributed by atoms with E-state index in [0.29, 0.717) is 22.7 Å². The number of aromatic amines is 2. The summed E-state index contributed by atoms with van der Waals surface area (Å²) in [6.07, 6.45) is 11.5. The summed E-state index contributed by atoms with van der Waals surface area (Å²) in [6, 6.07) is 15.8. The van der Waals surface area contributed by atoms with Crippen LogP contribution in [-0.2, 0) is 0 Å². The van der Waals surface area contributed by atoms with Crippen LogP contribution >= 0.6 is 0 Å². The van der Waals surface area contributed by atoms with Gasteiger partial charge in [-0.3, -0.25) is 10.1 Å². The first-order chi connectivity index (χ1) is 19.2. The number of nitrogens with zero attached hydrogens (tertiary/aromatic N) is 5. The molecule has 9 heteroatoms. The minimum absolute atomic E-state index is 0.260. The molecule has 0 aliphatic heterocycles. The monoisotopic (exact) mass is 517 g/mol. The number of methoxy groups -OCH3 is 1. The lowest BCUT2D eigenvalue weighted by Gasteiger charge is -2.22. The minimum atomic E-state index is 0.260. The molecule has 194 valence electrons. The summed E-state index contributed by atoms with van der Waals surface area (Å²) in [7, 11) is 1.66. The fourth-order valence-electron chi connectivity index (χ4n) is 5.28. The van der Waals surface area contributed by atoms with Gasteiger partial charge in [0, 0.05) is 23.5 Å². The number of rotatable bonds is 6. The first-order valence-electron chi connectivity index (χ1n) is 13.2. The van der Waals surface area contributed by atoms with Crippen molar-refractivity contribution in [2.24, 2.45) is 0 Å². The highest BCUT2D eigenvalue weighted by molar-refractivity contribution is 5.95. The first kappa shape index (κ1) is 23.3. The molecular weight excluding hydrogens is 490 g/mol. The number of imidazole rings is 1. The number of ether oxygens (including phenoxy) is 2. The molecule has 1 aliphatic rings. The van der Waals surface area contributed by atoms with E-state index in [9.17, 15) is 0 Å². The van der Waals surface area contributed by atoms with Crippen LogP contribution in [0.25, 0.3) is 56.1 Å². The Morgan fingerprint density at radius 3 is 2.69 bits per heavy atom. The number of H-pyrrole nitrogens is 2. The Labute approximate surface area is 224 Å². The number of hydrogen-bond acceptors (Lipinski definition) is 7. The predicted molar refractivity (Wildman–Crippen MR) is 149 cm³/mol. The second kappa shape index (κ2) is 9.83. The number of nitrogens with one attached hydrogen (secondary N) is 2. The van der Waals surface area contributed by atoms with E-state index in [1.54, 1.807) is 19.5 Å². The fraction of sp³-hybridized carbons (Fsp3) is 0.233. The number of benzene rings is 1. The molecule has 1 aromatic carbocycles. The van der Waals surface area contributed by atoms with E-state index < -0.39 is 0 Å². The molecule has 2 N–H and O–H groups in total. The van der Waals surface area contributed by atoms with Crippen molar-refractivity contribution in [3.8, 4) is 45.4 Å². The van der Waals surface area contributed by atoms with Crippen LogP contribution in [0, 0.1) is 0 Å². The summed E-state index contributed by atoms with van der Waals surface area (Å²) in [4.78, 5) is 22.1. The van der Waals surface area contributed by atoms with Gasteiger partial charge in [0.05, 0.1) is 36.1 Å². The standard InChI is InChI=1S/C30H27N7O2/c1-38-21-9-5-6-18(14-21)23-12-13-32-29-26(23)34-30(35-29)28-27-25(36-37-28)11-10-24(33-27)19-15-22(17-31-16-19)39-20-7-3-2-4-8-20/h5-6,9-17,20H,2-4,7-8H2,1H3,(H,36,37)(H,32,34,35). The Balaban J connectivity index is 1.25. The summed E-state index contributed by atoms with van der Waals surface area (Å²) in [6.45, 7) is 0. The Morgan fingerprint density at radius 1 is 0.897 bits per heavy atom. The number of pyridine rings is 3. The van der Waals surface area contributed by atoms with Crippen molar-refractivity contribution in [1.29, 1.82) is 0 Å². The van der Waals surface area contributed by atoms with Crippen LogP contribution in [0.2, 0.25) is 0 Å². The van der Waals surface area contributed by atoms with Crippen LogP contribution in [-0.4, -0.2) is 48.3 Å². The Kier molecular flexibility index (Phi) is 5.88. The molecule has 9 nitrogen and oxygen atoms in total. The van der Waals surface area contributed by atoms with Gasteiger partial charge in [0.25, 0.3) is 0 Å². The van der Waals surface area contributed by atoms with Gasteiger partial charge < -0.3 is 14.5 Å². The predicted octanol–water partition coefficient (Wildman–Crippen LogP) is 6.35. The van der Waals surface area contributed by atoms with Gasteiger partial charge >= 0.3 is 0 Å². The minimum Gasteiger partial charge on any atom is -0.497 e. The zero-order valence-electron chi connectivity index (χ0n) is 21.5. The van der Waals surface area contributed by atoms with Gasteiger partial charge in [-0.2, -0.15) is 5.10 Å². The number of fused-ring (bicyclic) bond motifs is 2. The third kappa shape index (κ3) is 4.46. The molecule has 0 spiro atoms. The Morgan fingerprint density at radius 2 is 1.79 bits per heavy atom. The molecule has 0 atom stereocenters. The summed E-state index contributed by atoms with van der Waals surface area (Å²) in [5.41, 5.74) is 7.26. The molecule has 1 aliphatic carbocycles. The van der Waals surface area contributed by atoms with E-state index >= 15 is 0 Å². The highest BCUT2D eigenvalue weighted by atomic mass is 16.5. The lowest BCUT2D eigenvalue weighted by atomic mass is 9.98. The number of aromatic nitrogens is 7. The number of hydrogen-bond donors (Lipinski definition) is 2. The molecule has 1 saturated carbocycles. The lowest BCUT2D eigenvalue weighted by Crippen LogP contribution is -2.19. The lowest BCUT2D eigenvalue weighted by molar-refractivity contribution is 0.154. The molecular formula is C30H27N7O2. The maximum absolute atomic E-state index is 6.24. The highest BCUT2D eigenvalue weighted by Crippen LogP contribution is 2.33. The van der Waals surface area contributed by atoms with Crippen LogP contribution in [0.4, 0.5) is 0 Å². The molecule has 39 heavy (non-hydrogen) atoms. The third-order valence-corrected chi connectivity index (χ3v) is 7.27. The van der Waals surface area contributed by atoms with E-state index in [1.165, 1.54) is 19.3 Å². The molecule has 0 saturated heterocycles. The summed E-state index contributed by atoms with van der Waals surface area (Å²) in [5.74, 6) is 2.16. The van der Waals surface area contributed by atoms with Gasteiger partial charge in [0.15, 0.2) is 17.2 Å². The zero-order valence-corrected chi connectivity index (χ0v) is 21.5. The van der Waals surface area contributed by atoms with Gasteiger partial charge in [-0.1, -0.05) is 18.6 Å². The second-order valence-corrected chi connectivity index (χ2v) is 9.83. The van der Waals surface area contributed by atoms with Crippen molar-refractivity contribution < 1.29 is 9.47 Å². The van der Waals surface area contributed by atoms with Crippen molar-refractivity contribution in [3.05, 3.63) is 67.1 Å². The maximum Gasteiger partial charge on any atom is 0.178 e. The average Bonchev–Trinajstić information content (AvgIpc) is 3.61. The third-order valence-electron chi connectivity index (χ3n) is 7.27. The molecule has 0 bridgehead atoms. The summed E-state index contributed by atoms with van der Waals surface area (Å²) >= 11 is 0. The summed E-state index contributed by atoms with van der Waals surface area (Å²) < 4.78 is 11.7. The Hall–Kier alpha value is -4.79. The van der Waals surface area contributed by atoms with Gasteiger partial charge in [0.1, 0.15) is 17.0 Å². The van der Waals surface area contributed by atoms with Gasteiger partial charge in [-0.05, 0) is 67.6 Å². The van der Waals surface area contributed by atoms with Crippen molar-refractivity contribution in [1.82, 2.24) is 35.1 Å². The normalized spacial score (nSPS) is 14.2. The molecule has 6 aromatic rings. The van der Waals surface area contributed by atoms with Crippen molar-refractivity contribution in [2.75, 3.05) is 7.11 Å². The van der Waals surface area contributed by atoms with Gasteiger partial charge in [0.2, 0.25) is 0 Å². The van der Waals surface area contributed by atoms with Crippen molar-refractivity contribution >= 4 is 22.2 Å². The van der Waals surface area contributed by atoms with Crippen LogP contribution < -0.4 is 9.47 Å². The van der Waals surface area contributed by atoms with E-state index in [-0.39, 0.29) is 6.10 Å². The Bertz CT molecular complexity index is 1790. The van der Waals surface area contributed by atoms with Crippen molar-refractivity contribution in [3.63, 3.8) is 0 Å². The van der Waals surface area contributed by atoms with E-state index in [0.717, 1.165) is 57.8 Å². The van der Waals surface area contributed by atoms with E-state index in [4.69, 9.17) is 19.4 Å². The zero-order chi connectivity index (χ0) is 26.2. The molecule has 5 aromatic heterocycles. The van der Waals surface area contributed by atoms with E-state index in [2.05, 4.69) is 25.1 Å². The quantitative estimate of drug-likeness (QED) is 0.265. The van der Waals surface area contributed by atoms with Crippen LogP contribution in [0.5, 0.6) is 11.5 Å². The molecule has 0 unspecified atom stereocenters. The molecule has 5 heterocycles. The SMILES string of the molecule is COc1cccc(-c2ccnc3nc(-c4n[nH]c5ccc(-c6cncc(OC7CCCCC7)c6)nc45)[nH]c23)c1. The topological polar surface area (TPSA) is 114 Å². The maximum atomic E-state index is 6.24. The smallest absolute Gasteiger partial charge is 0.178 e. The van der Waals surface area contributed by atoms with Crippen LogP contribution in [0.1, 0.15) is 32.1 Å². The van der Waals surface area contributed by atoms with Crippen LogP contribution in [0.3, 0.4) is 0 Å². The second-order valence-electron chi connectivity index (χ2n) is 9.83. The average molecular weight is 518 g/mol. The fourth-order valence-corrected chi connectivity index (χ4v) is 5.28. The van der Waals surface area contributed by atoms with Crippen molar-refractivity contribution in [2.45, 2.75) is 38.2 Å². The van der Waals surface area contributed by atoms with Gasteiger partial charge in [-0.25, -0.2) is 15.0 Å². The molecule has 7 rings (SSSR count). The highest BCUT2D eigenvalue weighted by Gasteiger charge is 2.19. The largest absolute Gasteiger partial charge is 0.497 e. The molecule has 1 fully saturated rings. The molecule has 0 radical (unpaired) electrons. The first-order valence-corrected chi connectivity index (χ1v) is 13.2. The van der Waals surface area contributed by atoms with E-state index in [1.807, 2.05) is 54.7 Å². The van der Waals surface area contributed by atoms with Gasteiger partial charge in [-0.15, -0.1) is 0 Å².